The molecule has 1 unspecified atom stereocenters. The molecule has 98 valence electrons. The van der Waals surface area contributed by atoms with Crippen LogP contribution in [-0.4, -0.2) is 18.7 Å². The first-order valence-corrected chi connectivity index (χ1v) is 6.59. The highest BCUT2D eigenvalue weighted by Gasteiger charge is 2.31. The minimum Gasteiger partial charge on any atom is -0.487 e. The molecule has 0 aromatic heterocycles. The predicted molar refractivity (Wildman–Crippen MR) is 77.0 cm³/mol. The average molecular weight is 245 g/mol. The molecule has 1 heterocycles. The maximum atomic E-state index is 6.07. The summed E-state index contributed by atoms with van der Waals surface area (Å²) in [5.74, 6) is 1.06. The van der Waals surface area contributed by atoms with Crippen molar-refractivity contribution in [3.63, 3.8) is 0 Å². The number of likely N-dealkylation sites (N-methyl/N-ethyl adjacent to an activating group) is 1. The lowest BCUT2D eigenvalue weighted by Gasteiger charge is -2.18. The Balaban J connectivity index is 2.35. The summed E-state index contributed by atoms with van der Waals surface area (Å²) in [6.45, 7) is 8.60. The smallest absolute Gasteiger partial charge is 0.130 e. The fourth-order valence-electron chi connectivity index (χ4n) is 2.35. The molecule has 2 heteroatoms. The summed E-state index contributed by atoms with van der Waals surface area (Å²) in [6, 6.07) is 6.80. The van der Waals surface area contributed by atoms with Gasteiger partial charge >= 0.3 is 0 Å². The highest BCUT2D eigenvalue weighted by atomic mass is 16.5. The van der Waals surface area contributed by atoms with E-state index in [-0.39, 0.29) is 5.60 Å². The first-order valence-electron chi connectivity index (χ1n) is 6.59. The Morgan fingerprint density at radius 3 is 2.83 bits per heavy atom. The Hall–Kier alpha value is -1.28. The molecule has 1 aromatic carbocycles. The normalized spacial score (nSPS) is 19.3. The Kier molecular flexibility index (Phi) is 3.49. The number of rotatable bonds is 3. The Bertz CT molecular complexity index is 474. The van der Waals surface area contributed by atoms with Gasteiger partial charge in [0, 0.05) is 18.0 Å². The number of ether oxygens (including phenoxy) is 1. The van der Waals surface area contributed by atoms with E-state index in [1.807, 2.05) is 7.05 Å². The van der Waals surface area contributed by atoms with E-state index in [1.165, 1.54) is 16.7 Å². The molecule has 1 N–H and O–H groups in total. The van der Waals surface area contributed by atoms with Gasteiger partial charge in [-0.05, 0) is 40.3 Å². The number of hydrogen-bond donors (Lipinski definition) is 1. The van der Waals surface area contributed by atoms with Crippen molar-refractivity contribution in [1.29, 1.82) is 0 Å². The van der Waals surface area contributed by atoms with Crippen LogP contribution >= 0.6 is 0 Å². The fourth-order valence-corrected chi connectivity index (χ4v) is 2.35. The quantitative estimate of drug-likeness (QED) is 0.881. The zero-order valence-corrected chi connectivity index (χ0v) is 12.0. The van der Waals surface area contributed by atoms with Gasteiger partial charge in [-0.1, -0.05) is 29.8 Å². The van der Waals surface area contributed by atoms with Crippen molar-refractivity contribution in [2.24, 2.45) is 0 Å². The molecule has 0 saturated heterocycles. The van der Waals surface area contributed by atoms with Crippen molar-refractivity contribution in [1.82, 2.24) is 5.32 Å². The third-order valence-corrected chi connectivity index (χ3v) is 3.62. The Morgan fingerprint density at radius 1 is 1.44 bits per heavy atom. The summed E-state index contributed by atoms with van der Waals surface area (Å²) in [6.07, 6.45) is 3.21. The highest BCUT2D eigenvalue weighted by Crippen LogP contribution is 2.38. The van der Waals surface area contributed by atoms with E-state index in [0.29, 0.717) is 6.04 Å². The van der Waals surface area contributed by atoms with Crippen molar-refractivity contribution in [2.75, 3.05) is 7.05 Å². The third kappa shape index (κ3) is 2.59. The summed E-state index contributed by atoms with van der Waals surface area (Å²) in [5, 5.41) is 3.26. The second-order valence-corrected chi connectivity index (χ2v) is 5.77. The van der Waals surface area contributed by atoms with Crippen LogP contribution in [0, 0.1) is 0 Å². The van der Waals surface area contributed by atoms with Gasteiger partial charge in [-0.15, -0.1) is 0 Å². The van der Waals surface area contributed by atoms with Gasteiger partial charge in [0.1, 0.15) is 11.4 Å². The molecule has 2 rings (SSSR count). The van der Waals surface area contributed by atoms with E-state index in [1.54, 1.807) is 0 Å². The molecule has 2 nitrogen and oxygen atoms in total. The van der Waals surface area contributed by atoms with Gasteiger partial charge in [-0.2, -0.15) is 0 Å². The molecule has 1 aromatic rings. The summed E-state index contributed by atoms with van der Waals surface area (Å²) in [4.78, 5) is 0. The molecule has 1 aliphatic heterocycles. The molecule has 0 bridgehead atoms. The van der Waals surface area contributed by atoms with Crippen LogP contribution in [0.15, 0.2) is 23.8 Å². The SMILES string of the molecule is CNC(C)/C(C)=C/c1cccc2c1OC(C)(C)C2. The average Bonchev–Trinajstić information content (AvgIpc) is 2.63. The lowest BCUT2D eigenvalue weighted by atomic mass is 9.99. The van der Waals surface area contributed by atoms with Gasteiger partial charge in [0.2, 0.25) is 0 Å². The molecule has 0 saturated carbocycles. The molecule has 0 spiro atoms. The van der Waals surface area contributed by atoms with Crippen LogP contribution in [0.25, 0.3) is 6.08 Å². The van der Waals surface area contributed by atoms with Crippen LogP contribution in [0.2, 0.25) is 0 Å². The molecule has 1 atom stereocenters. The van der Waals surface area contributed by atoms with Crippen molar-refractivity contribution in [2.45, 2.75) is 45.8 Å². The molecular weight excluding hydrogens is 222 g/mol. The lowest BCUT2D eigenvalue weighted by Crippen LogP contribution is -2.24. The molecule has 0 amide bonds. The zero-order valence-electron chi connectivity index (χ0n) is 12.0. The van der Waals surface area contributed by atoms with E-state index in [4.69, 9.17) is 4.74 Å². The fraction of sp³-hybridized carbons (Fsp3) is 0.500. The van der Waals surface area contributed by atoms with E-state index < -0.39 is 0 Å². The molecule has 0 fully saturated rings. The van der Waals surface area contributed by atoms with Crippen LogP contribution in [0.1, 0.15) is 38.8 Å². The Morgan fingerprint density at radius 2 is 2.17 bits per heavy atom. The van der Waals surface area contributed by atoms with E-state index in [9.17, 15) is 0 Å². The van der Waals surface area contributed by atoms with Crippen LogP contribution in [0.3, 0.4) is 0 Å². The second kappa shape index (κ2) is 4.77. The molecule has 0 radical (unpaired) electrons. The number of nitrogens with one attached hydrogen (secondary N) is 1. The molecular formula is C16H23NO. The summed E-state index contributed by atoms with van der Waals surface area (Å²) >= 11 is 0. The topological polar surface area (TPSA) is 21.3 Å². The maximum absolute atomic E-state index is 6.07. The first kappa shape index (κ1) is 13.2. The van der Waals surface area contributed by atoms with Gasteiger partial charge in [0.25, 0.3) is 0 Å². The zero-order chi connectivity index (χ0) is 13.3. The Labute approximate surface area is 110 Å². The number of hydrogen-bond acceptors (Lipinski definition) is 2. The van der Waals surface area contributed by atoms with E-state index >= 15 is 0 Å². The van der Waals surface area contributed by atoms with E-state index in [0.717, 1.165) is 12.2 Å². The van der Waals surface area contributed by atoms with Crippen LogP contribution < -0.4 is 10.1 Å². The van der Waals surface area contributed by atoms with Crippen molar-refractivity contribution >= 4 is 6.08 Å². The lowest BCUT2D eigenvalue weighted by molar-refractivity contribution is 0.138. The highest BCUT2D eigenvalue weighted by molar-refractivity contribution is 5.63. The summed E-state index contributed by atoms with van der Waals surface area (Å²) in [7, 11) is 1.98. The minimum absolute atomic E-state index is 0.0746. The molecule has 0 aliphatic carbocycles. The van der Waals surface area contributed by atoms with Crippen molar-refractivity contribution in [3.05, 3.63) is 34.9 Å². The second-order valence-electron chi connectivity index (χ2n) is 5.77. The number of benzene rings is 1. The van der Waals surface area contributed by atoms with Gasteiger partial charge in [-0.3, -0.25) is 0 Å². The largest absolute Gasteiger partial charge is 0.487 e. The minimum atomic E-state index is -0.0746. The van der Waals surface area contributed by atoms with Crippen LogP contribution in [-0.2, 0) is 6.42 Å². The third-order valence-electron chi connectivity index (χ3n) is 3.62. The van der Waals surface area contributed by atoms with Gasteiger partial charge in [-0.25, -0.2) is 0 Å². The van der Waals surface area contributed by atoms with E-state index in [2.05, 4.69) is 57.3 Å². The molecule has 18 heavy (non-hydrogen) atoms. The summed E-state index contributed by atoms with van der Waals surface area (Å²) in [5.41, 5.74) is 3.75. The number of para-hydroxylation sites is 1. The van der Waals surface area contributed by atoms with Gasteiger partial charge in [0.15, 0.2) is 0 Å². The number of fused-ring (bicyclic) bond motifs is 1. The van der Waals surface area contributed by atoms with Crippen molar-refractivity contribution in [3.8, 4) is 5.75 Å². The van der Waals surface area contributed by atoms with Crippen molar-refractivity contribution < 1.29 is 4.74 Å². The monoisotopic (exact) mass is 245 g/mol. The standard InChI is InChI=1S/C16H23NO/c1-11(12(2)17-5)9-13-7-6-8-14-10-16(3,4)18-15(13)14/h6-9,12,17H,10H2,1-5H3/b11-9+. The van der Waals surface area contributed by atoms with Gasteiger partial charge in [0.05, 0.1) is 0 Å². The van der Waals surface area contributed by atoms with Gasteiger partial charge < -0.3 is 10.1 Å². The first-order chi connectivity index (χ1) is 8.43. The van der Waals surface area contributed by atoms with Crippen LogP contribution in [0.5, 0.6) is 5.75 Å². The maximum Gasteiger partial charge on any atom is 0.130 e. The van der Waals surface area contributed by atoms with Crippen LogP contribution in [0.4, 0.5) is 0 Å². The molecule has 1 aliphatic rings. The summed E-state index contributed by atoms with van der Waals surface area (Å²) < 4.78 is 6.07. The predicted octanol–water partition coefficient (Wildman–Crippen LogP) is 3.41.